The van der Waals surface area contributed by atoms with Crippen molar-refractivity contribution in [1.29, 1.82) is 0 Å². The third kappa shape index (κ3) is 3.32. The van der Waals surface area contributed by atoms with Crippen molar-refractivity contribution in [3.63, 3.8) is 0 Å². The molecule has 0 bridgehead atoms. The molecule has 1 aromatic carbocycles. The fourth-order valence-corrected chi connectivity index (χ4v) is 2.40. The van der Waals surface area contributed by atoms with Gasteiger partial charge in [0.2, 0.25) is 0 Å². The second-order valence-electron chi connectivity index (χ2n) is 2.94. The molecule has 2 rings (SSSR count). The second-order valence-corrected chi connectivity index (χ2v) is 5.88. The van der Waals surface area contributed by atoms with Gasteiger partial charge in [-0.3, -0.25) is 0 Å². The van der Waals surface area contributed by atoms with Crippen molar-refractivity contribution in [2.24, 2.45) is 0 Å². The van der Waals surface area contributed by atoms with Crippen LogP contribution in [0.3, 0.4) is 0 Å². The van der Waals surface area contributed by atoms with E-state index in [1.807, 2.05) is 0 Å². The van der Waals surface area contributed by atoms with Crippen LogP contribution in [0.15, 0.2) is 30.5 Å². The first-order valence-electron chi connectivity index (χ1n) is 4.34. The quantitative estimate of drug-likeness (QED) is 0.846. The van der Waals surface area contributed by atoms with Crippen LogP contribution in [0.1, 0.15) is 4.88 Å². The second kappa shape index (κ2) is 5.14. The van der Waals surface area contributed by atoms with Crippen molar-refractivity contribution >= 4 is 51.2 Å². The van der Waals surface area contributed by atoms with E-state index in [0.717, 1.165) is 17.1 Å². The van der Waals surface area contributed by atoms with Gasteiger partial charge in [-0.15, -0.1) is 11.3 Å². The summed E-state index contributed by atoms with van der Waals surface area (Å²) in [7, 11) is 0. The third-order valence-electron chi connectivity index (χ3n) is 1.84. The normalized spacial score (nSPS) is 10.3. The third-order valence-corrected chi connectivity index (χ3v) is 3.67. The van der Waals surface area contributed by atoms with Gasteiger partial charge in [0.25, 0.3) is 0 Å². The first-order valence-corrected chi connectivity index (χ1v) is 6.61. The van der Waals surface area contributed by atoms with Crippen LogP contribution < -0.4 is 5.32 Å². The summed E-state index contributed by atoms with van der Waals surface area (Å²) in [5, 5.41) is 3.31. The molecule has 0 aliphatic heterocycles. The molecular weight excluding hydrogens is 343 g/mol. The van der Waals surface area contributed by atoms with E-state index in [1.54, 1.807) is 6.20 Å². The predicted octanol–water partition coefficient (Wildman–Crippen LogP) is 4.01. The maximum atomic E-state index is 5.74. The molecule has 15 heavy (non-hydrogen) atoms. The SMILES string of the molecule is Clc1ncc(CNc2ccc(I)cc2)s1. The Hall–Kier alpha value is -0.330. The molecule has 1 aromatic heterocycles. The van der Waals surface area contributed by atoms with Gasteiger partial charge in [-0.05, 0) is 46.9 Å². The summed E-state index contributed by atoms with van der Waals surface area (Å²) in [6, 6.07) is 8.26. The van der Waals surface area contributed by atoms with Gasteiger partial charge in [0, 0.05) is 20.3 Å². The van der Waals surface area contributed by atoms with Crippen molar-refractivity contribution in [3.8, 4) is 0 Å². The lowest BCUT2D eigenvalue weighted by Gasteiger charge is -2.03. The van der Waals surface area contributed by atoms with Gasteiger partial charge in [-0.25, -0.2) is 4.98 Å². The maximum Gasteiger partial charge on any atom is 0.183 e. The lowest BCUT2D eigenvalue weighted by molar-refractivity contribution is 1.17. The summed E-state index contributed by atoms with van der Waals surface area (Å²) in [6.45, 7) is 0.769. The molecule has 0 spiro atoms. The van der Waals surface area contributed by atoms with Crippen LogP contribution in [0.5, 0.6) is 0 Å². The number of benzene rings is 1. The van der Waals surface area contributed by atoms with Crippen molar-refractivity contribution in [2.75, 3.05) is 5.32 Å². The molecule has 1 heterocycles. The highest BCUT2D eigenvalue weighted by molar-refractivity contribution is 14.1. The number of rotatable bonds is 3. The Morgan fingerprint density at radius 3 is 2.67 bits per heavy atom. The van der Waals surface area contributed by atoms with E-state index < -0.39 is 0 Å². The van der Waals surface area contributed by atoms with Gasteiger partial charge in [0.15, 0.2) is 4.47 Å². The number of hydrogen-bond acceptors (Lipinski definition) is 3. The number of halogens is 2. The molecular formula is C10H8ClIN2S. The van der Waals surface area contributed by atoms with Gasteiger partial charge < -0.3 is 5.32 Å². The highest BCUT2D eigenvalue weighted by Gasteiger charge is 1.98. The van der Waals surface area contributed by atoms with Crippen LogP contribution >= 0.6 is 45.5 Å². The van der Waals surface area contributed by atoms with Crippen LogP contribution in [-0.2, 0) is 6.54 Å². The summed E-state index contributed by atoms with van der Waals surface area (Å²) >= 11 is 9.53. The summed E-state index contributed by atoms with van der Waals surface area (Å²) < 4.78 is 1.83. The lowest BCUT2D eigenvalue weighted by atomic mass is 10.3. The Morgan fingerprint density at radius 2 is 2.07 bits per heavy atom. The van der Waals surface area contributed by atoms with E-state index in [0.29, 0.717) is 4.47 Å². The Morgan fingerprint density at radius 1 is 1.33 bits per heavy atom. The van der Waals surface area contributed by atoms with E-state index in [9.17, 15) is 0 Å². The molecule has 0 saturated heterocycles. The largest absolute Gasteiger partial charge is 0.380 e. The first kappa shape index (κ1) is 11.2. The van der Waals surface area contributed by atoms with Crippen LogP contribution in [0.25, 0.3) is 0 Å². The van der Waals surface area contributed by atoms with Crippen molar-refractivity contribution < 1.29 is 0 Å². The molecule has 1 N–H and O–H groups in total. The molecule has 0 aliphatic carbocycles. The minimum Gasteiger partial charge on any atom is -0.380 e. The average Bonchev–Trinajstić information content (AvgIpc) is 2.64. The molecule has 0 saturated carbocycles. The summed E-state index contributed by atoms with van der Waals surface area (Å²) in [6.07, 6.45) is 1.80. The first-order chi connectivity index (χ1) is 7.24. The van der Waals surface area contributed by atoms with Crippen molar-refractivity contribution in [2.45, 2.75) is 6.54 Å². The molecule has 0 aliphatic rings. The van der Waals surface area contributed by atoms with Crippen molar-refractivity contribution in [3.05, 3.63) is 43.4 Å². The van der Waals surface area contributed by atoms with E-state index in [2.05, 4.69) is 57.2 Å². The number of aromatic nitrogens is 1. The van der Waals surface area contributed by atoms with Gasteiger partial charge in [-0.2, -0.15) is 0 Å². The molecule has 0 fully saturated rings. The number of anilines is 1. The highest BCUT2D eigenvalue weighted by atomic mass is 127. The topological polar surface area (TPSA) is 24.9 Å². The molecule has 0 amide bonds. The molecule has 2 nitrogen and oxygen atoms in total. The van der Waals surface area contributed by atoms with Gasteiger partial charge in [-0.1, -0.05) is 11.6 Å². The number of nitrogens with one attached hydrogen (secondary N) is 1. The lowest BCUT2D eigenvalue weighted by Crippen LogP contribution is -1.96. The zero-order valence-electron chi connectivity index (χ0n) is 7.71. The highest BCUT2D eigenvalue weighted by Crippen LogP contribution is 2.19. The Bertz CT molecular complexity index is 441. The van der Waals surface area contributed by atoms with Crippen LogP contribution in [0, 0.1) is 3.57 Å². The van der Waals surface area contributed by atoms with Crippen LogP contribution in [0.2, 0.25) is 4.47 Å². The molecule has 0 radical (unpaired) electrons. The summed E-state index contributed by atoms with van der Waals surface area (Å²) in [5.74, 6) is 0. The van der Waals surface area contributed by atoms with Crippen LogP contribution in [0.4, 0.5) is 5.69 Å². The van der Waals surface area contributed by atoms with E-state index >= 15 is 0 Å². The maximum absolute atomic E-state index is 5.74. The molecule has 5 heteroatoms. The monoisotopic (exact) mass is 350 g/mol. The van der Waals surface area contributed by atoms with Gasteiger partial charge in [0.05, 0.1) is 6.54 Å². The Labute approximate surface area is 111 Å². The fourth-order valence-electron chi connectivity index (χ4n) is 1.12. The zero-order valence-corrected chi connectivity index (χ0v) is 11.4. The van der Waals surface area contributed by atoms with E-state index in [-0.39, 0.29) is 0 Å². The van der Waals surface area contributed by atoms with Crippen molar-refractivity contribution in [1.82, 2.24) is 4.98 Å². The smallest absolute Gasteiger partial charge is 0.183 e. The standard InChI is InChI=1S/C10H8ClIN2S/c11-10-14-6-9(15-10)5-13-8-3-1-7(12)2-4-8/h1-4,6,13H,5H2. The zero-order chi connectivity index (χ0) is 10.7. The molecule has 0 atom stereocenters. The number of thiazole rings is 1. The Balaban J connectivity index is 1.96. The average molecular weight is 351 g/mol. The molecule has 0 unspecified atom stereocenters. The van der Waals surface area contributed by atoms with E-state index in [1.165, 1.54) is 14.9 Å². The minimum absolute atomic E-state index is 0.592. The Kier molecular flexibility index (Phi) is 3.82. The van der Waals surface area contributed by atoms with E-state index in [4.69, 9.17) is 11.6 Å². The minimum atomic E-state index is 0.592. The van der Waals surface area contributed by atoms with Crippen LogP contribution in [-0.4, -0.2) is 4.98 Å². The summed E-state index contributed by atoms with van der Waals surface area (Å²) in [5.41, 5.74) is 1.11. The number of hydrogen-bond donors (Lipinski definition) is 1. The molecule has 78 valence electrons. The number of nitrogens with zero attached hydrogens (tertiary/aromatic N) is 1. The van der Waals surface area contributed by atoms with Gasteiger partial charge in [0.1, 0.15) is 0 Å². The summed E-state index contributed by atoms with van der Waals surface area (Å²) in [4.78, 5) is 5.12. The molecule has 2 aromatic rings. The fraction of sp³-hybridized carbons (Fsp3) is 0.100. The van der Waals surface area contributed by atoms with Gasteiger partial charge >= 0.3 is 0 Å². The predicted molar refractivity (Wildman–Crippen MR) is 73.6 cm³/mol.